The highest BCUT2D eigenvalue weighted by molar-refractivity contribution is 7.18. The maximum absolute atomic E-state index is 13.1. The number of nitrogens with two attached hydrogens (primary N) is 2. The number of nitrogens with zero attached hydrogens (tertiary/aromatic N) is 8. The van der Waals surface area contributed by atoms with Crippen LogP contribution in [0.4, 0.5) is 16.8 Å². The zero-order chi connectivity index (χ0) is 34.6. The highest BCUT2D eigenvalue weighted by Gasteiger charge is 2.25. The first-order valence-corrected chi connectivity index (χ1v) is 16.1. The minimum absolute atomic E-state index is 0.0165. The Labute approximate surface area is 280 Å². The van der Waals surface area contributed by atoms with E-state index in [4.69, 9.17) is 11.5 Å². The van der Waals surface area contributed by atoms with Crippen LogP contribution in [0.15, 0.2) is 51.7 Å². The number of hydrogen-bond acceptors (Lipinski definition) is 14. The molecule has 1 aliphatic heterocycles. The Bertz CT molecular complexity index is 1930. The highest BCUT2D eigenvalue weighted by atomic mass is 32.1. The molecular weight excluding hydrogens is 634 g/mol. The van der Waals surface area contributed by atoms with E-state index in [9.17, 15) is 19.5 Å². The Hall–Kier alpha value is -5.38. The van der Waals surface area contributed by atoms with Crippen LogP contribution in [-0.2, 0) is 16.8 Å². The van der Waals surface area contributed by atoms with Gasteiger partial charge in [0.05, 0.1) is 39.8 Å². The minimum atomic E-state index is -1.06. The lowest BCUT2D eigenvalue weighted by Crippen LogP contribution is -2.28. The van der Waals surface area contributed by atoms with Crippen LogP contribution >= 0.6 is 11.3 Å². The SMILES string of the molecule is CN(Cc1cnc2nc(N)nc(N)c2n1)c1ccc(C(=O)C[C@@H](CCCNC(=O)c2ccc(C(C)(C)C)cc2C2=NCN=N2)C(=O)O)s1. The lowest BCUT2D eigenvalue weighted by atomic mass is 9.85. The first-order valence-electron chi connectivity index (χ1n) is 15.3. The van der Waals surface area contributed by atoms with Crippen molar-refractivity contribution in [1.82, 2.24) is 25.3 Å². The number of aliphatic imine (C=N–C) groups is 1. The van der Waals surface area contributed by atoms with Gasteiger partial charge in [-0.1, -0.05) is 26.8 Å². The zero-order valence-electron chi connectivity index (χ0n) is 27.1. The third-order valence-corrected chi connectivity index (χ3v) is 9.00. The molecule has 0 radical (unpaired) electrons. The Morgan fingerprint density at radius 2 is 1.90 bits per heavy atom. The second kappa shape index (κ2) is 14.2. The van der Waals surface area contributed by atoms with Gasteiger partial charge in [0.2, 0.25) is 5.95 Å². The van der Waals surface area contributed by atoms with E-state index < -0.39 is 11.9 Å². The lowest BCUT2D eigenvalue weighted by Gasteiger charge is -2.21. The van der Waals surface area contributed by atoms with Crippen molar-refractivity contribution in [1.29, 1.82) is 0 Å². The number of Topliss-reactive ketones (excluding diaryl/α,β-unsaturated/α-hetero) is 1. The molecule has 1 aliphatic rings. The van der Waals surface area contributed by atoms with Crippen LogP contribution in [0, 0.1) is 5.92 Å². The van der Waals surface area contributed by atoms with Gasteiger partial charge in [0, 0.05) is 25.6 Å². The monoisotopic (exact) mass is 671 g/mol. The number of hydrogen-bond donors (Lipinski definition) is 4. The summed E-state index contributed by atoms with van der Waals surface area (Å²) in [6.07, 6.45) is 2.01. The number of amidine groups is 1. The molecule has 0 spiro atoms. The molecule has 16 heteroatoms. The smallest absolute Gasteiger partial charge is 0.306 e. The van der Waals surface area contributed by atoms with Crippen LogP contribution in [0.2, 0.25) is 0 Å². The molecule has 0 saturated carbocycles. The summed E-state index contributed by atoms with van der Waals surface area (Å²) in [6, 6.07) is 9.07. The summed E-state index contributed by atoms with van der Waals surface area (Å²) in [5, 5.41) is 21.5. The highest BCUT2D eigenvalue weighted by Crippen LogP contribution is 2.29. The number of carboxylic acid groups (broad SMARTS) is 1. The number of carbonyl (C=O) groups excluding carboxylic acids is 2. The quantitative estimate of drug-likeness (QED) is 0.116. The lowest BCUT2D eigenvalue weighted by molar-refractivity contribution is -0.141. The summed E-state index contributed by atoms with van der Waals surface area (Å²) in [4.78, 5) is 61.7. The summed E-state index contributed by atoms with van der Waals surface area (Å²) >= 11 is 1.26. The zero-order valence-corrected chi connectivity index (χ0v) is 27.9. The number of nitrogens with one attached hydrogen (secondary N) is 1. The number of amides is 1. The maximum Gasteiger partial charge on any atom is 0.306 e. The molecule has 3 aromatic heterocycles. The fourth-order valence-corrected chi connectivity index (χ4v) is 6.02. The normalized spacial score (nSPS) is 13.4. The molecule has 48 heavy (non-hydrogen) atoms. The Balaban J connectivity index is 1.15. The van der Waals surface area contributed by atoms with Gasteiger partial charge in [-0.2, -0.15) is 15.1 Å². The Morgan fingerprint density at radius 1 is 1.10 bits per heavy atom. The van der Waals surface area contributed by atoms with E-state index >= 15 is 0 Å². The van der Waals surface area contributed by atoms with E-state index in [2.05, 4.69) is 61.2 Å². The number of anilines is 3. The predicted molar refractivity (Wildman–Crippen MR) is 183 cm³/mol. The van der Waals surface area contributed by atoms with E-state index in [0.717, 1.165) is 10.6 Å². The number of fused-ring (bicyclic) bond motifs is 1. The average Bonchev–Trinajstić information content (AvgIpc) is 3.75. The number of aromatic nitrogens is 4. The largest absolute Gasteiger partial charge is 0.481 e. The van der Waals surface area contributed by atoms with E-state index in [0.29, 0.717) is 51.7 Å². The molecule has 4 aromatic rings. The molecule has 0 bridgehead atoms. The van der Waals surface area contributed by atoms with Crippen molar-refractivity contribution in [2.24, 2.45) is 21.1 Å². The van der Waals surface area contributed by atoms with Crippen molar-refractivity contribution in [3.05, 3.63) is 63.8 Å². The first-order chi connectivity index (χ1) is 22.8. The van der Waals surface area contributed by atoms with Gasteiger partial charge in [-0.25, -0.2) is 15.0 Å². The molecule has 4 heterocycles. The molecule has 15 nitrogen and oxygen atoms in total. The molecule has 1 aromatic carbocycles. The molecule has 0 fully saturated rings. The second-order valence-electron chi connectivity index (χ2n) is 12.4. The minimum Gasteiger partial charge on any atom is -0.481 e. The van der Waals surface area contributed by atoms with Crippen LogP contribution in [0.3, 0.4) is 0 Å². The third-order valence-electron chi connectivity index (χ3n) is 7.76. The van der Waals surface area contributed by atoms with Gasteiger partial charge in [0.15, 0.2) is 35.3 Å². The number of benzene rings is 1. The van der Waals surface area contributed by atoms with Crippen molar-refractivity contribution in [2.45, 2.75) is 52.0 Å². The fraction of sp³-hybridized carbons (Fsp3) is 0.375. The average molecular weight is 672 g/mol. The molecule has 1 atom stereocenters. The molecule has 0 aliphatic carbocycles. The standard InChI is InChI=1S/C32H37N11O4S/c1-32(2,3)18-7-8-20(21(13-18)27-37-16-38-42-27)29(45)35-11-5-6-17(30(46)47)12-22(44)23-9-10-24(48-23)43(4)15-19-14-36-28-25(39-19)26(33)40-31(34)41-28/h7-10,13-14,17H,5-6,11-12,15-16H2,1-4H3,(H,35,45)(H,46,47)(H4,33,34,36,40,41)/t17-/m1/s1. The van der Waals surface area contributed by atoms with Crippen LogP contribution in [-0.4, -0.2) is 68.8 Å². The van der Waals surface area contributed by atoms with Gasteiger partial charge in [-0.05, 0) is 48.1 Å². The number of aliphatic carboxylic acids is 1. The number of carboxylic acids is 1. The summed E-state index contributed by atoms with van der Waals surface area (Å²) in [5.74, 6) is -1.98. The van der Waals surface area contributed by atoms with E-state index in [1.165, 1.54) is 11.3 Å². The van der Waals surface area contributed by atoms with Crippen LogP contribution in [0.5, 0.6) is 0 Å². The van der Waals surface area contributed by atoms with Gasteiger partial charge in [0.1, 0.15) is 0 Å². The van der Waals surface area contributed by atoms with E-state index in [1.54, 1.807) is 24.4 Å². The van der Waals surface area contributed by atoms with Gasteiger partial charge in [-0.3, -0.25) is 14.4 Å². The van der Waals surface area contributed by atoms with Crippen molar-refractivity contribution < 1.29 is 19.5 Å². The molecule has 1 amide bonds. The number of carbonyl (C=O) groups is 3. The van der Waals surface area contributed by atoms with Crippen LogP contribution in [0.25, 0.3) is 11.2 Å². The number of thiophene rings is 1. The van der Waals surface area contributed by atoms with Crippen LogP contribution < -0.4 is 21.7 Å². The van der Waals surface area contributed by atoms with Crippen molar-refractivity contribution in [3.8, 4) is 0 Å². The molecule has 5 rings (SSSR count). The van der Waals surface area contributed by atoms with E-state index in [1.807, 2.05) is 24.1 Å². The number of rotatable bonds is 13. The van der Waals surface area contributed by atoms with Gasteiger partial charge >= 0.3 is 5.97 Å². The molecule has 0 unspecified atom stereocenters. The maximum atomic E-state index is 13.1. The molecule has 250 valence electrons. The Morgan fingerprint density at radius 3 is 2.60 bits per heavy atom. The van der Waals surface area contributed by atoms with Crippen molar-refractivity contribution >= 4 is 62.8 Å². The summed E-state index contributed by atoms with van der Waals surface area (Å²) in [5.41, 5.74) is 14.7. The summed E-state index contributed by atoms with van der Waals surface area (Å²) in [6.45, 7) is 7.07. The summed E-state index contributed by atoms with van der Waals surface area (Å²) < 4.78 is 0. The number of azo groups is 1. The Kier molecular flexibility index (Phi) is 10.0. The second-order valence-corrected chi connectivity index (χ2v) is 13.5. The van der Waals surface area contributed by atoms with Crippen LogP contribution in [0.1, 0.15) is 76.9 Å². The van der Waals surface area contributed by atoms with E-state index in [-0.39, 0.29) is 54.9 Å². The predicted octanol–water partition coefficient (Wildman–Crippen LogP) is 4.23. The molecular formula is C32H37N11O4S. The van der Waals surface area contributed by atoms with Gasteiger partial charge < -0.3 is 26.8 Å². The summed E-state index contributed by atoms with van der Waals surface area (Å²) in [7, 11) is 1.84. The van der Waals surface area contributed by atoms with Gasteiger partial charge in [-0.15, -0.1) is 16.5 Å². The fourth-order valence-electron chi connectivity index (χ4n) is 5.11. The molecule has 0 saturated heterocycles. The topological polar surface area (TPSA) is 227 Å². The first kappa shape index (κ1) is 34.0. The number of nitrogen functional groups attached to an aromatic ring is 2. The number of ketones is 1. The van der Waals surface area contributed by atoms with Gasteiger partial charge in [0.25, 0.3) is 5.91 Å². The van der Waals surface area contributed by atoms with Crippen molar-refractivity contribution in [2.75, 3.05) is 36.6 Å². The molecule has 6 N–H and O–H groups in total. The third kappa shape index (κ3) is 7.94. The van der Waals surface area contributed by atoms with Crippen molar-refractivity contribution in [3.63, 3.8) is 0 Å².